The predicted molar refractivity (Wildman–Crippen MR) is 86.5 cm³/mol. The monoisotopic (exact) mass is 393 g/mol. The molecule has 0 radical (unpaired) electrons. The van der Waals surface area contributed by atoms with Crippen LogP contribution in [0, 0.1) is 6.92 Å². The molecule has 0 amide bonds. The summed E-state index contributed by atoms with van der Waals surface area (Å²) in [6.45, 7) is 4.56. The largest absolute Gasteiger partial charge is 0.478 e. The fraction of sp³-hybridized carbons (Fsp3) is 0.462. The smallest absolute Gasteiger partial charge is 0.335 e. The molecule has 1 N–H and O–H groups in total. The summed E-state index contributed by atoms with van der Waals surface area (Å²) in [7, 11) is -3.68. The van der Waals surface area contributed by atoms with Crippen molar-refractivity contribution in [1.29, 1.82) is 0 Å². The molecule has 1 aliphatic rings. The van der Waals surface area contributed by atoms with E-state index < -0.39 is 16.0 Å². The van der Waals surface area contributed by atoms with Crippen molar-refractivity contribution in [2.24, 2.45) is 0 Å². The quantitative estimate of drug-likeness (QED) is 0.853. The highest BCUT2D eigenvalue weighted by atomic mass is 79.9. The van der Waals surface area contributed by atoms with Crippen molar-refractivity contribution in [2.45, 2.75) is 24.0 Å². The highest BCUT2D eigenvalue weighted by molar-refractivity contribution is 9.10. The van der Waals surface area contributed by atoms with Gasteiger partial charge in [0.1, 0.15) is 0 Å². The summed E-state index contributed by atoms with van der Waals surface area (Å²) in [5.74, 6) is -0.395. The molecular weight excluding hydrogens is 378 g/mol. The average Bonchev–Trinajstić information content (AvgIpc) is 2.41. The van der Waals surface area contributed by atoms with Crippen LogP contribution < -0.4 is 0 Å². The van der Waals surface area contributed by atoms with Crippen LogP contribution in [0.2, 0.25) is 0 Å². The number of halogens is 1. The van der Waals surface area contributed by atoms with Gasteiger partial charge in [-0.05, 0) is 24.6 Å². The number of thioether (sulfide) groups is 1. The lowest BCUT2D eigenvalue weighted by atomic mass is 10.1. The van der Waals surface area contributed by atoms with Crippen LogP contribution in [0.15, 0.2) is 21.5 Å². The average molecular weight is 394 g/mol. The van der Waals surface area contributed by atoms with Gasteiger partial charge in [-0.25, -0.2) is 13.2 Å². The standard InChI is InChI=1S/C13H16BrNO4S2/c1-8-7-15(3-4-20-8)21(18,19)12-6-10(13(16)17)5-11(14)9(12)2/h5-6,8H,3-4,7H2,1-2H3,(H,16,17). The molecule has 1 fully saturated rings. The zero-order valence-electron chi connectivity index (χ0n) is 11.7. The summed E-state index contributed by atoms with van der Waals surface area (Å²) >= 11 is 4.98. The Morgan fingerprint density at radius 1 is 1.48 bits per heavy atom. The van der Waals surface area contributed by atoms with Gasteiger partial charge in [-0.2, -0.15) is 16.1 Å². The van der Waals surface area contributed by atoms with Crippen molar-refractivity contribution in [1.82, 2.24) is 4.31 Å². The van der Waals surface area contributed by atoms with Crippen LogP contribution >= 0.6 is 27.7 Å². The van der Waals surface area contributed by atoms with Gasteiger partial charge in [0, 0.05) is 28.6 Å². The van der Waals surface area contributed by atoms with Gasteiger partial charge in [-0.15, -0.1) is 0 Å². The van der Waals surface area contributed by atoms with E-state index in [-0.39, 0.29) is 15.7 Å². The molecule has 1 atom stereocenters. The fourth-order valence-corrected chi connectivity index (χ4v) is 5.81. The van der Waals surface area contributed by atoms with Crippen LogP contribution in [0.25, 0.3) is 0 Å². The Hall–Kier alpha value is -0.570. The van der Waals surface area contributed by atoms with E-state index in [4.69, 9.17) is 5.11 Å². The summed E-state index contributed by atoms with van der Waals surface area (Å²) in [6, 6.07) is 2.66. The molecule has 0 aromatic heterocycles. The van der Waals surface area contributed by atoms with E-state index in [1.165, 1.54) is 16.4 Å². The maximum atomic E-state index is 12.8. The van der Waals surface area contributed by atoms with E-state index in [1.54, 1.807) is 18.7 Å². The highest BCUT2D eigenvalue weighted by Crippen LogP contribution is 2.30. The summed E-state index contributed by atoms with van der Waals surface area (Å²) < 4.78 is 27.5. The van der Waals surface area contributed by atoms with Gasteiger partial charge >= 0.3 is 5.97 Å². The van der Waals surface area contributed by atoms with E-state index in [0.29, 0.717) is 23.1 Å². The second kappa shape index (κ2) is 6.28. The third-order valence-electron chi connectivity index (χ3n) is 3.37. The number of carboxylic acid groups (broad SMARTS) is 1. The molecule has 8 heteroatoms. The maximum Gasteiger partial charge on any atom is 0.335 e. The Bertz CT molecular complexity index is 675. The molecule has 1 aromatic carbocycles. The first-order chi connectivity index (χ1) is 9.73. The van der Waals surface area contributed by atoms with Gasteiger partial charge in [0.25, 0.3) is 0 Å². The van der Waals surface area contributed by atoms with E-state index in [0.717, 1.165) is 5.75 Å². The number of carbonyl (C=O) groups is 1. The van der Waals surface area contributed by atoms with Crippen LogP contribution in [0.3, 0.4) is 0 Å². The molecule has 1 unspecified atom stereocenters. The lowest BCUT2D eigenvalue weighted by molar-refractivity contribution is 0.0696. The van der Waals surface area contributed by atoms with Gasteiger partial charge in [-0.3, -0.25) is 0 Å². The minimum atomic E-state index is -3.68. The minimum absolute atomic E-state index is 0.0366. The van der Waals surface area contributed by atoms with E-state index in [9.17, 15) is 13.2 Å². The van der Waals surface area contributed by atoms with Gasteiger partial charge < -0.3 is 5.11 Å². The first kappa shape index (κ1) is 16.8. The topological polar surface area (TPSA) is 74.7 Å². The summed E-state index contributed by atoms with van der Waals surface area (Å²) in [4.78, 5) is 11.2. The first-order valence-electron chi connectivity index (χ1n) is 6.38. The number of nitrogens with zero attached hydrogens (tertiary/aromatic N) is 1. The second-order valence-corrected chi connectivity index (χ2v) is 9.24. The third kappa shape index (κ3) is 3.44. The Morgan fingerprint density at radius 3 is 2.71 bits per heavy atom. The van der Waals surface area contributed by atoms with Gasteiger partial charge in [0.2, 0.25) is 10.0 Å². The minimum Gasteiger partial charge on any atom is -0.478 e. The number of hydrogen-bond acceptors (Lipinski definition) is 4. The molecule has 0 aliphatic carbocycles. The number of rotatable bonds is 3. The highest BCUT2D eigenvalue weighted by Gasteiger charge is 2.31. The number of hydrogen-bond donors (Lipinski definition) is 1. The first-order valence-corrected chi connectivity index (χ1v) is 9.67. The van der Waals surface area contributed by atoms with E-state index >= 15 is 0 Å². The normalized spacial score (nSPS) is 20.4. The number of sulfonamides is 1. The van der Waals surface area contributed by atoms with E-state index in [1.807, 2.05) is 6.92 Å². The molecule has 0 spiro atoms. The predicted octanol–water partition coefficient (Wildman–Crippen LogP) is 2.58. The molecule has 1 aromatic rings. The molecule has 21 heavy (non-hydrogen) atoms. The maximum absolute atomic E-state index is 12.8. The zero-order valence-corrected chi connectivity index (χ0v) is 14.9. The van der Waals surface area contributed by atoms with Crippen LogP contribution in [0.1, 0.15) is 22.8 Å². The van der Waals surface area contributed by atoms with Crippen molar-refractivity contribution in [3.8, 4) is 0 Å². The van der Waals surface area contributed by atoms with Crippen molar-refractivity contribution in [2.75, 3.05) is 18.8 Å². The SMILES string of the molecule is Cc1c(Br)cc(C(=O)O)cc1S(=O)(=O)N1CCSC(C)C1. The van der Waals surface area contributed by atoms with Crippen LogP contribution in [-0.4, -0.2) is 47.9 Å². The lowest BCUT2D eigenvalue weighted by Crippen LogP contribution is -2.41. The summed E-state index contributed by atoms with van der Waals surface area (Å²) in [6.07, 6.45) is 0. The van der Waals surface area contributed by atoms with Crippen molar-refractivity contribution >= 4 is 43.7 Å². The Labute approximate surface area is 136 Å². The molecule has 1 aliphatic heterocycles. The number of benzene rings is 1. The Kier molecular flexibility index (Phi) is 5.02. The molecular formula is C13H16BrNO4S2. The number of carboxylic acids is 1. The number of aromatic carboxylic acids is 1. The molecule has 0 saturated carbocycles. The van der Waals surface area contributed by atoms with Crippen molar-refractivity contribution < 1.29 is 18.3 Å². The van der Waals surface area contributed by atoms with Crippen LogP contribution in [-0.2, 0) is 10.0 Å². The second-order valence-electron chi connectivity index (χ2n) is 4.93. The molecule has 5 nitrogen and oxygen atoms in total. The third-order valence-corrected chi connectivity index (χ3v) is 7.32. The van der Waals surface area contributed by atoms with Crippen LogP contribution in [0.4, 0.5) is 0 Å². The molecule has 2 rings (SSSR count). The molecule has 1 saturated heterocycles. The Balaban J connectivity index is 2.51. The lowest BCUT2D eigenvalue weighted by Gasteiger charge is -2.30. The van der Waals surface area contributed by atoms with Crippen molar-refractivity contribution in [3.05, 3.63) is 27.7 Å². The van der Waals surface area contributed by atoms with Gasteiger partial charge in [0.05, 0.1) is 10.5 Å². The molecule has 0 bridgehead atoms. The zero-order chi connectivity index (χ0) is 15.8. The Morgan fingerprint density at radius 2 is 2.14 bits per heavy atom. The fourth-order valence-electron chi connectivity index (χ4n) is 2.19. The van der Waals surface area contributed by atoms with Gasteiger partial charge in [0.15, 0.2) is 0 Å². The molecule has 116 valence electrons. The van der Waals surface area contributed by atoms with Gasteiger partial charge in [-0.1, -0.05) is 22.9 Å². The van der Waals surface area contributed by atoms with Crippen molar-refractivity contribution in [3.63, 3.8) is 0 Å². The molecule has 1 heterocycles. The van der Waals surface area contributed by atoms with Crippen LogP contribution in [0.5, 0.6) is 0 Å². The summed E-state index contributed by atoms with van der Waals surface area (Å²) in [5, 5.41) is 9.35. The summed E-state index contributed by atoms with van der Waals surface area (Å²) in [5.41, 5.74) is 0.497. The van der Waals surface area contributed by atoms with E-state index in [2.05, 4.69) is 15.9 Å².